The minimum atomic E-state index is 0.683. The van der Waals surface area contributed by atoms with Gasteiger partial charge in [-0.25, -0.2) is 15.0 Å². The van der Waals surface area contributed by atoms with Crippen LogP contribution in [0.1, 0.15) is 5.69 Å². The molecule has 3 nitrogen and oxygen atoms in total. The Labute approximate surface area is 232 Å². The van der Waals surface area contributed by atoms with Crippen molar-refractivity contribution < 1.29 is 0 Å². The zero-order chi connectivity index (χ0) is 26.4. The van der Waals surface area contributed by atoms with Crippen LogP contribution < -0.4 is 0 Å². The average molecular weight is 520 g/mol. The van der Waals surface area contributed by atoms with Crippen molar-refractivity contribution in [3.63, 3.8) is 0 Å². The molecule has 0 radical (unpaired) electrons. The van der Waals surface area contributed by atoms with Crippen LogP contribution in [0, 0.1) is 0 Å². The Kier molecular flexibility index (Phi) is 7.02. The lowest BCUT2D eigenvalue weighted by Crippen LogP contribution is -1.95. The van der Waals surface area contributed by atoms with Crippen molar-refractivity contribution in [2.45, 2.75) is 0 Å². The fraction of sp³-hybridized carbons (Fsp3) is 0. The van der Waals surface area contributed by atoms with Crippen LogP contribution in [-0.4, -0.2) is 15.0 Å². The van der Waals surface area contributed by atoms with Gasteiger partial charge in [0, 0.05) is 16.7 Å². The van der Waals surface area contributed by atoms with E-state index in [1.165, 1.54) is 5.56 Å². The summed E-state index contributed by atoms with van der Waals surface area (Å²) in [6.07, 6.45) is 9.54. The minimum absolute atomic E-state index is 0.683. The molecule has 4 aromatic carbocycles. The van der Waals surface area contributed by atoms with Crippen molar-refractivity contribution in [1.29, 1.82) is 0 Å². The highest BCUT2D eigenvalue weighted by Crippen LogP contribution is 2.33. The van der Waals surface area contributed by atoms with E-state index < -0.39 is 0 Å². The molecule has 0 saturated carbocycles. The Morgan fingerprint density at radius 1 is 0.564 bits per heavy atom. The van der Waals surface area contributed by atoms with Gasteiger partial charge in [-0.1, -0.05) is 122 Å². The summed E-state index contributed by atoms with van der Waals surface area (Å²) in [6, 6.07) is 37.5. The van der Waals surface area contributed by atoms with Crippen molar-refractivity contribution in [2.75, 3.05) is 0 Å². The standard InChI is InChI=1S/C35H25N3S/c1-2-3-4-11-16-30-24-31(29-21-22-33-32(23-29)38-35(39-33)28-14-9-6-10-15-28)37-34(36-30)27-19-17-26(18-20-27)25-12-7-5-8-13-25/h2-24H,1H2/b4-3-,16-11+. The first kappa shape index (κ1) is 24.4. The third-order valence-electron chi connectivity index (χ3n) is 6.33. The molecule has 2 aromatic heterocycles. The van der Waals surface area contributed by atoms with Gasteiger partial charge in [-0.05, 0) is 35.4 Å². The van der Waals surface area contributed by atoms with Gasteiger partial charge in [0.25, 0.3) is 0 Å². The van der Waals surface area contributed by atoms with Crippen LogP contribution in [-0.2, 0) is 0 Å². The van der Waals surface area contributed by atoms with Gasteiger partial charge >= 0.3 is 0 Å². The number of fused-ring (bicyclic) bond motifs is 1. The van der Waals surface area contributed by atoms with E-state index in [0.29, 0.717) is 5.82 Å². The molecule has 0 spiro atoms. The van der Waals surface area contributed by atoms with Gasteiger partial charge in [-0.2, -0.15) is 0 Å². The van der Waals surface area contributed by atoms with E-state index in [2.05, 4.69) is 85.4 Å². The van der Waals surface area contributed by atoms with Crippen LogP contribution in [0.4, 0.5) is 0 Å². The van der Waals surface area contributed by atoms with E-state index >= 15 is 0 Å². The molecular weight excluding hydrogens is 494 g/mol. The van der Waals surface area contributed by atoms with Crippen molar-refractivity contribution in [3.8, 4) is 44.3 Å². The molecule has 0 aliphatic rings. The van der Waals surface area contributed by atoms with E-state index in [1.54, 1.807) is 17.4 Å². The van der Waals surface area contributed by atoms with Gasteiger partial charge in [0.1, 0.15) is 5.01 Å². The second kappa shape index (κ2) is 11.2. The molecule has 0 aliphatic heterocycles. The number of hydrogen-bond acceptors (Lipinski definition) is 4. The number of nitrogens with zero attached hydrogens (tertiary/aromatic N) is 3. The first-order valence-corrected chi connectivity index (χ1v) is 13.6. The molecule has 0 fully saturated rings. The van der Waals surface area contributed by atoms with Crippen molar-refractivity contribution >= 4 is 27.6 Å². The monoisotopic (exact) mass is 519 g/mol. The summed E-state index contributed by atoms with van der Waals surface area (Å²) >= 11 is 1.70. The molecule has 39 heavy (non-hydrogen) atoms. The van der Waals surface area contributed by atoms with Crippen LogP contribution in [0.5, 0.6) is 0 Å². The lowest BCUT2D eigenvalue weighted by molar-refractivity contribution is 1.16. The van der Waals surface area contributed by atoms with Crippen molar-refractivity contribution in [3.05, 3.63) is 146 Å². The lowest BCUT2D eigenvalue weighted by Gasteiger charge is -2.08. The van der Waals surface area contributed by atoms with Gasteiger partial charge in [-0.15, -0.1) is 11.3 Å². The second-order valence-corrected chi connectivity index (χ2v) is 10.0. The third-order valence-corrected chi connectivity index (χ3v) is 7.41. The molecule has 6 aromatic rings. The molecule has 4 heteroatoms. The second-order valence-electron chi connectivity index (χ2n) is 8.99. The smallest absolute Gasteiger partial charge is 0.160 e. The van der Waals surface area contributed by atoms with E-state index in [9.17, 15) is 0 Å². The Bertz CT molecular complexity index is 1800. The van der Waals surface area contributed by atoms with Crippen molar-refractivity contribution in [2.24, 2.45) is 0 Å². The summed E-state index contributed by atoms with van der Waals surface area (Å²) in [6.45, 7) is 3.74. The maximum absolute atomic E-state index is 4.99. The topological polar surface area (TPSA) is 38.7 Å². The first-order chi connectivity index (χ1) is 19.3. The maximum Gasteiger partial charge on any atom is 0.160 e. The zero-order valence-corrected chi connectivity index (χ0v) is 22.1. The third kappa shape index (κ3) is 5.52. The predicted molar refractivity (Wildman–Crippen MR) is 165 cm³/mol. The van der Waals surface area contributed by atoms with Crippen LogP contribution in [0.3, 0.4) is 0 Å². The van der Waals surface area contributed by atoms with Crippen molar-refractivity contribution in [1.82, 2.24) is 15.0 Å². The molecule has 0 bridgehead atoms. The Balaban J connectivity index is 1.40. The Morgan fingerprint density at radius 3 is 1.97 bits per heavy atom. The van der Waals surface area contributed by atoms with Crippen LogP contribution >= 0.6 is 11.3 Å². The number of thiazole rings is 1. The SMILES string of the molecule is C=C/C=C\C=C\c1cc(-c2ccc3sc(-c4ccccc4)nc3c2)nc(-c2ccc(-c3ccccc3)cc2)n1. The van der Waals surface area contributed by atoms with E-state index in [4.69, 9.17) is 15.0 Å². The fourth-order valence-corrected chi connectivity index (χ4v) is 5.31. The van der Waals surface area contributed by atoms with Gasteiger partial charge in [-0.3, -0.25) is 0 Å². The predicted octanol–water partition coefficient (Wildman–Crippen LogP) is 9.51. The van der Waals surface area contributed by atoms with E-state index in [-0.39, 0.29) is 0 Å². The fourth-order valence-electron chi connectivity index (χ4n) is 4.36. The molecule has 0 amide bonds. The maximum atomic E-state index is 4.99. The first-order valence-electron chi connectivity index (χ1n) is 12.7. The molecule has 0 atom stereocenters. The molecule has 0 unspecified atom stereocenters. The highest BCUT2D eigenvalue weighted by atomic mass is 32.1. The number of rotatable bonds is 7. The highest BCUT2D eigenvalue weighted by molar-refractivity contribution is 7.21. The van der Waals surface area contributed by atoms with Gasteiger partial charge in [0.05, 0.1) is 21.6 Å². The number of benzene rings is 4. The van der Waals surface area contributed by atoms with Crippen LogP contribution in [0.15, 0.2) is 140 Å². The molecular formula is C35H25N3S. The summed E-state index contributed by atoms with van der Waals surface area (Å²) in [5.74, 6) is 0.683. The molecule has 2 heterocycles. The van der Waals surface area contributed by atoms with E-state index in [1.807, 2.05) is 54.6 Å². The zero-order valence-electron chi connectivity index (χ0n) is 21.2. The summed E-state index contributed by atoms with van der Waals surface area (Å²) in [4.78, 5) is 14.8. The Hall–Kier alpha value is -4.93. The number of hydrogen-bond donors (Lipinski definition) is 0. The molecule has 186 valence electrons. The molecule has 6 rings (SSSR count). The normalized spacial score (nSPS) is 11.5. The Morgan fingerprint density at radius 2 is 1.23 bits per heavy atom. The number of aromatic nitrogens is 3. The summed E-state index contributed by atoms with van der Waals surface area (Å²) < 4.78 is 1.15. The molecule has 0 aliphatic carbocycles. The number of allylic oxidation sites excluding steroid dienone is 4. The minimum Gasteiger partial charge on any atom is -0.236 e. The highest BCUT2D eigenvalue weighted by Gasteiger charge is 2.12. The van der Waals surface area contributed by atoms with Gasteiger partial charge < -0.3 is 0 Å². The van der Waals surface area contributed by atoms with Crippen LogP contribution in [0.2, 0.25) is 0 Å². The molecule has 0 saturated heterocycles. The summed E-state index contributed by atoms with van der Waals surface area (Å²) in [5, 5.41) is 1.02. The quantitative estimate of drug-likeness (QED) is 0.197. The van der Waals surface area contributed by atoms with Gasteiger partial charge in [0.15, 0.2) is 5.82 Å². The summed E-state index contributed by atoms with van der Waals surface area (Å²) in [7, 11) is 0. The summed E-state index contributed by atoms with van der Waals surface area (Å²) in [5.41, 5.74) is 8.10. The van der Waals surface area contributed by atoms with Gasteiger partial charge in [0.2, 0.25) is 0 Å². The average Bonchev–Trinajstić information content (AvgIpc) is 3.44. The molecule has 0 N–H and O–H groups in total. The largest absolute Gasteiger partial charge is 0.236 e. The van der Waals surface area contributed by atoms with E-state index in [0.717, 1.165) is 48.9 Å². The van der Waals surface area contributed by atoms with Crippen LogP contribution in [0.25, 0.3) is 60.6 Å². The lowest BCUT2D eigenvalue weighted by atomic mass is 10.0.